The quantitative estimate of drug-likeness (QED) is 0.390. The second-order valence-corrected chi connectivity index (χ2v) is 9.13. The van der Waals surface area contributed by atoms with E-state index >= 15 is 0 Å². The average Bonchev–Trinajstić information content (AvgIpc) is 3.37. The number of rotatable bonds is 4. The molecule has 8 nitrogen and oxygen atoms in total. The number of aromatic nitrogens is 4. The van der Waals surface area contributed by atoms with Crippen LogP contribution in [0.2, 0.25) is 0 Å². The molecule has 2 aromatic heterocycles. The number of amides is 2. The van der Waals surface area contributed by atoms with E-state index in [1.54, 1.807) is 12.5 Å². The molecule has 1 unspecified atom stereocenters. The molecule has 3 heterocycles. The first-order valence-corrected chi connectivity index (χ1v) is 12.2. The van der Waals surface area contributed by atoms with Crippen LogP contribution in [0.15, 0.2) is 85.3 Å². The molecule has 0 bridgehead atoms. The van der Waals surface area contributed by atoms with E-state index < -0.39 is 0 Å². The van der Waals surface area contributed by atoms with Crippen LogP contribution >= 0.6 is 0 Å². The molecule has 3 aromatic carbocycles. The van der Waals surface area contributed by atoms with Gasteiger partial charge in [-0.2, -0.15) is 4.98 Å². The van der Waals surface area contributed by atoms with Crippen molar-refractivity contribution in [2.24, 2.45) is 0 Å². The summed E-state index contributed by atoms with van der Waals surface area (Å²) in [6, 6.07) is 24.0. The number of hydrogen-bond donors (Lipinski definition) is 1. The second kappa shape index (κ2) is 9.30. The number of nitrogens with one attached hydrogen (secondary N) is 1. The molecule has 2 amide bonds. The van der Waals surface area contributed by atoms with E-state index in [1.807, 2.05) is 77.2 Å². The van der Waals surface area contributed by atoms with E-state index in [4.69, 9.17) is 4.98 Å². The van der Waals surface area contributed by atoms with Crippen molar-refractivity contribution in [2.45, 2.75) is 18.9 Å². The lowest BCUT2D eigenvalue weighted by Crippen LogP contribution is -2.50. The SMILES string of the molecule is CN(c1nccc(-n2cnc3ccccc32)n1)C1CCCN(C(=O)Nc2cccc3ccccc23)C1. The highest BCUT2D eigenvalue weighted by molar-refractivity contribution is 6.01. The van der Waals surface area contributed by atoms with Crippen LogP contribution < -0.4 is 10.2 Å². The summed E-state index contributed by atoms with van der Waals surface area (Å²) in [6.45, 7) is 1.33. The largest absolute Gasteiger partial charge is 0.339 e. The third kappa shape index (κ3) is 4.11. The molecule has 1 fully saturated rings. The van der Waals surface area contributed by atoms with Gasteiger partial charge in [0.1, 0.15) is 12.1 Å². The van der Waals surface area contributed by atoms with Crippen molar-refractivity contribution in [3.05, 3.63) is 85.3 Å². The van der Waals surface area contributed by atoms with E-state index in [0.717, 1.165) is 52.7 Å². The minimum atomic E-state index is -0.0796. The van der Waals surface area contributed by atoms with Crippen LogP contribution in [0.1, 0.15) is 12.8 Å². The molecule has 1 N–H and O–H groups in total. The molecule has 0 spiro atoms. The Morgan fingerprint density at radius 2 is 1.83 bits per heavy atom. The number of imidazole rings is 1. The molecule has 0 radical (unpaired) electrons. The van der Waals surface area contributed by atoms with E-state index in [1.165, 1.54) is 0 Å². The Labute approximate surface area is 209 Å². The maximum Gasteiger partial charge on any atom is 0.321 e. The zero-order chi connectivity index (χ0) is 24.5. The van der Waals surface area contributed by atoms with Crippen LogP contribution in [0.25, 0.3) is 27.6 Å². The summed E-state index contributed by atoms with van der Waals surface area (Å²) in [6.07, 6.45) is 5.45. The molecular formula is C28H27N7O. The minimum absolute atomic E-state index is 0.0796. The Bertz CT molecular complexity index is 1540. The third-order valence-corrected chi connectivity index (χ3v) is 6.91. The maximum atomic E-state index is 13.2. The molecule has 36 heavy (non-hydrogen) atoms. The Hall–Kier alpha value is -4.46. The van der Waals surface area contributed by atoms with Gasteiger partial charge in [0.15, 0.2) is 0 Å². The second-order valence-electron chi connectivity index (χ2n) is 9.13. The highest BCUT2D eigenvalue weighted by atomic mass is 16.2. The monoisotopic (exact) mass is 477 g/mol. The van der Waals surface area contributed by atoms with Gasteiger partial charge in [0.25, 0.3) is 0 Å². The van der Waals surface area contributed by atoms with Gasteiger partial charge in [-0.25, -0.2) is 14.8 Å². The number of anilines is 2. The fourth-order valence-electron chi connectivity index (χ4n) is 4.93. The standard InChI is InChI=1S/C28H27N7O/c1-33(27-29-16-15-26(32-27)35-19-30-24-12-4-5-14-25(24)35)21-10-7-17-34(18-21)28(36)31-23-13-6-9-20-8-2-3-11-22(20)23/h2-6,8-9,11-16,19,21H,7,10,17-18H2,1H3,(H,31,36). The lowest BCUT2D eigenvalue weighted by atomic mass is 10.0. The average molecular weight is 478 g/mol. The number of likely N-dealkylation sites (tertiary alicyclic amines) is 1. The van der Waals surface area contributed by atoms with E-state index in [2.05, 4.69) is 32.3 Å². The minimum Gasteiger partial charge on any atom is -0.339 e. The number of piperidine rings is 1. The predicted octanol–water partition coefficient (Wildman–Crippen LogP) is 5.10. The summed E-state index contributed by atoms with van der Waals surface area (Å²) in [4.78, 5) is 31.0. The Balaban J connectivity index is 1.19. The van der Waals surface area contributed by atoms with Crippen molar-refractivity contribution >= 4 is 39.5 Å². The number of para-hydroxylation sites is 2. The van der Waals surface area contributed by atoms with Crippen molar-refractivity contribution in [2.75, 3.05) is 30.4 Å². The highest BCUT2D eigenvalue weighted by Gasteiger charge is 2.28. The number of benzene rings is 3. The van der Waals surface area contributed by atoms with Gasteiger partial charge in [0, 0.05) is 37.8 Å². The lowest BCUT2D eigenvalue weighted by Gasteiger charge is -2.37. The van der Waals surface area contributed by atoms with Gasteiger partial charge in [-0.15, -0.1) is 0 Å². The molecule has 0 aliphatic carbocycles. The van der Waals surface area contributed by atoms with Crippen LogP contribution in [0, 0.1) is 0 Å². The summed E-state index contributed by atoms with van der Waals surface area (Å²) in [7, 11) is 2.00. The molecule has 6 rings (SSSR count). The summed E-state index contributed by atoms with van der Waals surface area (Å²) in [5.41, 5.74) is 2.75. The number of hydrogen-bond acceptors (Lipinski definition) is 5. The Kier molecular flexibility index (Phi) is 5.69. The molecule has 0 saturated carbocycles. The van der Waals surface area contributed by atoms with E-state index in [0.29, 0.717) is 12.5 Å². The number of urea groups is 1. The smallest absolute Gasteiger partial charge is 0.321 e. The van der Waals surface area contributed by atoms with Crippen molar-refractivity contribution in [1.82, 2.24) is 24.4 Å². The Morgan fingerprint density at radius 1 is 1.00 bits per heavy atom. The van der Waals surface area contributed by atoms with Gasteiger partial charge in [0.05, 0.1) is 16.7 Å². The van der Waals surface area contributed by atoms with Crippen molar-refractivity contribution in [1.29, 1.82) is 0 Å². The molecule has 1 aliphatic heterocycles. The first-order valence-electron chi connectivity index (χ1n) is 12.2. The van der Waals surface area contributed by atoms with Gasteiger partial charge in [-0.1, -0.05) is 48.5 Å². The van der Waals surface area contributed by atoms with Gasteiger partial charge >= 0.3 is 6.03 Å². The zero-order valence-electron chi connectivity index (χ0n) is 20.1. The normalized spacial score (nSPS) is 15.8. The van der Waals surface area contributed by atoms with Crippen molar-refractivity contribution < 1.29 is 4.79 Å². The van der Waals surface area contributed by atoms with Gasteiger partial charge in [0.2, 0.25) is 5.95 Å². The third-order valence-electron chi connectivity index (χ3n) is 6.91. The molecule has 1 saturated heterocycles. The maximum absolute atomic E-state index is 13.2. The summed E-state index contributed by atoms with van der Waals surface area (Å²) >= 11 is 0. The number of nitrogens with zero attached hydrogens (tertiary/aromatic N) is 6. The molecule has 180 valence electrons. The van der Waals surface area contributed by atoms with E-state index in [9.17, 15) is 4.79 Å². The fraction of sp³-hybridized carbons (Fsp3) is 0.214. The van der Waals surface area contributed by atoms with Crippen molar-refractivity contribution in [3.63, 3.8) is 0 Å². The van der Waals surface area contributed by atoms with Crippen molar-refractivity contribution in [3.8, 4) is 5.82 Å². The number of likely N-dealkylation sites (N-methyl/N-ethyl adjacent to an activating group) is 1. The zero-order valence-corrected chi connectivity index (χ0v) is 20.1. The highest BCUT2D eigenvalue weighted by Crippen LogP contribution is 2.25. The van der Waals surface area contributed by atoms with E-state index in [-0.39, 0.29) is 12.1 Å². The van der Waals surface area contributed by atoms with Crippen LogP contribution in [0.5, 0.6) is 0 Å². The first kappa shape index (κ1) is 22.0. The summed E-state index contributed by atoms with van der Waals surface area (Å²) < 4.78 is 1.97. The van der Waals surface area contributed by atoms with Gasteiger partial charge in [-0.3, -0.25) is 4.57 Å². The first-order chi connectivity index (χ1) is 17.7. The van der Waals surface area contributed by atoms with Crippen LogP contribution in [0.4, 0.5) is 16.4 Å². The van der Waals surface area contributed by atoms with Crippen LogP contribution in [-0.2, 0) is 0 Å². The lowest BCUT2D eigenvalue weighted by molar-refractivity contribution is 0.192. The topological polar surface area (TPSA) is 79.2 Å². The fourth-order valence-corrected chi connectivity index (χ4v) is 4.93. The van der Waals surface area contributed by atoms with Gasteiger partial charge < -0.3 is 15.1 Å². The number of fused-ring (bicyclic) bond motifs is 2. The molecule has 5 aromatic rings. The number of carbonyl (C=O) groups excluding carboxylic acids is 1. The van der Waals surface area contributed by atoms with Gasteiger partial charge in [-0.05, 0) is 42.5 Å². The Morgan fingerprint density at radius 3 is 2.78 bits per heavy atom. The van der Waals surface area contributed by atoms with Crippen LogP contribution in [0.3, 0.4) is 0 Å². The molecular weight excluding hydrogens is 450 g/mol. The van der Waals surface area contributed by atoms with Crippen LogP contribution in [-0.4, -0.2) is 56.6 Å². The molecule has 8 heteroatoms. The number of carbonyl (C=O) groups is 1. The summed E-state index contributed by atoms with van der Waals surface area (Å²) in [5, 5.41) is 5.27. The molecule has 1 atom stereocenters. The predicted molar refractivity (Wildman–Crippen MR) is 143 cm³/mol. The molecule has 1 aliphatic rings. The summed E-state index contributed by atoms with van der Waals surface area (Å²) in [5.74, 6) is 1.40.